The zero-order chi connectivity index (χ0) is 17.0. The van der Waals surface area contributed by atoms with Crippen LogP contribution in [0.4, 0.5) is 10.1 Å². The quantitative estimate of drug-likeness (QED) is 0.862. The molecule has 24 heavy (non-hydrogen) atoms. The molecule has 0 amide bonds. The number of rotatable bonds is 3. The van der Waals surface area contributed by atoms with Gasteiger partial charge < -0.3 is 15.4 Å². The summed E-state index contributed by atoms with van der Waals surface area (Å²) in [7, 11) is 1.43. The lowest BCUT2D eigenvalue weighted by Crippen LogP contribution is -2.31. The number of nitrogens with two attached hydrogens (primary N) is 1. The highest BCUT2D eigenvalue weighted by atomic mass is 19.1. The summed E-state index contributed by atoms with van der Waals surface area (Å²) in [6, 6.07) is 1.17. The highest BCUT2D eigenvalue weighted by Gasteiger charge is 2.32. The third-order valence-electron chi connectivity index (χ3n) is 4.76. The predicted octanol–water partition coefficient (Wildman–Crippen LogP) is 0.710. The topological polar surface area (TPSA) is 93.3 Å². The summed E-state index contributed by atoms with van der Waals surface area (Å²) in [4.78, 5) is 28.6. The fraction of sp³-hybridized carbons (Fsp3) is 0.500. The fourth-order valence-corrected chi connectivity index (χ4v) is 3.50. The minimum atomic E-state index is -0.603. The Morgan fingerprint density at radius 3 is 2.67 bits per heavy atom. The van der Waals surface area contributed by atoms with E-state index in [4.69, 9.17) is 10.5 Å². The number of hydrogen-bond acceptors (Lipinski definition) is 5. The normalized spacial score (nSPS) is 20.8. The van der Waals surface area contributed by atoms with Crippen LogP contribution in [0.1, 0.15) is 25.3 Å². The number of nitrogens with one attached hydrogen (secondary N) is 1. The van der Waals surface area contributed by atoms with E-state index in [1.54, 1.807) is 0 Å². The lowest BCUT2D eigenvalue weighted by atomic mass is 10.1. The summed E-state index contributed by atoms with van der Waals surface area (Å²) >= 11 is 0. The van der Waals surface area contributed by atoms with Gasteiger partial charge in [0.05, 0.1) is 12.5 Å². The van der Waals surface area contributed by atoms with Crippen LogP contribution in [0.3, 0.4) is 0 Å². The second kappa shape index (κ2) is 5.34. The number of ether oxygens (including phenoxy) is 1. The van der Waals surface area contributed by atoms with Crippen LogP contribution in [0.2, 0.25) is 0 Å². The van der Waals surface area contributed by atoms with Gasteiger partial charge in [-0.1, -0.05) is 0 Å². The smallest absolute Gasteiger partial charge is 0.329 e. The second-order valence-electron chi connectivity index (χ2n) is 6.49. The van der Waals surface area contributed by atoms with Crippen LogP contribution in [0.25, 0.3) is 10.9 Å². The molecule has 0 spiro atoms. The standard InChI is InChI=1S/C16H19FN4O3/c1-24-14-12-10(15(22)19-16(23)21(12)9-2-3-9)6-11(17)13(14)20-5-4-8(18)7-20/h6,8-9H,2-5,7,18H2,1H3,(H,19,22,23)/t8-/m0/s1. The third kappa shape index (κ3) is 2.21. The summed E-state index contributed by atoms with van der Waals surface area (Å²) in [5.74, 6) is -0.311. The second-order valence-corrected chi connectivity index (χ2v) is 6.49. The van der Waals surface area contributed by atoms with Crippen LogP contribution in [-0.2, 0) is 0 Å². The Hall–Kier alpha value is -2.35. The average molecular weight is 334 g/mol. The average Bonchev–Trinajstić information content (AvgIpc) is 3.28. The van der Waals surface area contributed by atoms with Crippen molar-refractivity contribution in [1.82, 2.24) is 9.55 Å². The van der Waals surface area contributed by atoms with E-state index in [-0.39, 0.29) is 28.9 Å². The Balaban J connectivity index is 2.07. The molecule has 1 aliphatic carbocycles. The number of aromatic nitrogens is 2. The molecule has 1 aliphatic heterocycles. The zero-order valence-corrected chi connectivity index (χ0v) is 13.3. The molecular weight excluding hydrogens is 315 g/mol. The van der Waals surface area contributed by atoms with Gasteiger partial charge in [-0.05, 0) is 25.3 Å². The maximum absolute atomic E-state index is 14.8. The highest BCUT2D eigenvalue weighted by molar-refractivity contribution is 5.91. The number of halogens is 1. The molecule has 1 saturated carbocycles. The number of nitrogens with zero attached hydrogens (tertiary/aromatic N) is 2. The monoisotopic (exact) mass is 334 g/mol. The first-order chi connectivity index (χ1) is 11.5. The van der Waals surface area contributed by atoms with Crippen molar-refractivity contribution in [3.05, 3.63) is 32.7 Å². The largest absolute Gasteiger partial charge is 0.492 e. The van der Waals surface area contributed by atoms with Gasteiger partial charge in [-0.15, -0.1) is 0 Å². The first kappa shape index (κ1) is 15.2. The maximum atomic E-state index is 14.8. The highest BCUT2D eigenvalue weighted by Crippen LogP contribution is 2.42. The van der Waals surface area contributed by atoms with Crippen molar-refractivity contribution in [2.45, 2.75) is 31.3 Å². The van der Waals surface area contributed by atoms with E-state index in [0.29, 0.717) is 18.6 Å². The van der Waals surface area contributed by atoms with Gasteiger partial charge in [-0.25, -0.2) is 9.18 Å². The van der Waals surface area contributed by atoms with E-state index in [0.717, 1.165) is 19.3 Å². The summed E-state index contributed by atoms with van der Waals surface area (Å²) in [5, 5.41) is 0.128. The maximum Gasteiger partial charge on any atom is 0.329 e. The van der Waals surface area contributed by atoms with Crippen molar-refractivity contribution < 1.29 is 9.13 Å². The third-order valence-corrected chi connectivity index (χ3v) is 4.76. The first-order valence-electron chi connectivity index (χ1n) is 8.06. The Labute approximate surface area is 136 Å². The van der Waals surface area contributed by atoms with Gasteiger partial charge in [0.25, 0.3) is 5.56 Å². The summed E-state index contributed by atoms with van der Waals surface area (Å²) in [6.45, 7) is 1.12. The van der Waals surface area contributed by atoms with Crippen LogP contribution in [0, 0.1) is 5.82 Å². The molecule has 1 atom stereocenters. The van der Waals surface area contributed by atoms with E-state index >= 15 is 0 Å². The van der Waals surface area contributed by atoms with Crippen LogP contribution in [0.15, 0.2) is 15.7 Å². The molecule has 3 N–H and O–H groups in total. The van der Waals surface area contributed by atoms with Crippen LogP contribution in [-0.4, -0.2) is 35.8 Å². The Morgan fingerprint density at radius 2 is 2.08 bits per heavy atom. The molecule has 2 heterocycles. The van der Waals surface area contributed by atoms with Crippen molar-refractivity contribution >= 4 is 16.6 Å². The lowest BCUT2D eigenvalue weighted by molar-refractivity contribution is 0.413. The molecule has 0 bridgehead atoms. The SMILES string of the molecule is COc1c(N2CC[C@H](N)C2)c(F)cc2c(=O)[nH]c(=O)n(C3CC3)c12. The van der Waals surface area contributed by atoms with Crippen LogP contribution >= 0.6 is 0 Å². The predicted molar refractivity (Wildman–Crippen MR) is 88.4 cm³/mol. The molecule has 2 fully saturated rings. The molecule has 1 aromatic carbocycles. The van der Waals surface area contributed by atoms with Crippen molar-refractivity contribution in [1.29, 1.82) is 0 Å². The van der Waals surface area contributed by atoms with Gasteiger partial charge >= 0.3 is 5.69 Å². The Kier molecular flexibility index (Phi) is 3.38. The van der Waals surface area contributed by atoms with E-state index in [1.165, 1.54) is 17.7 Å². The molecule has 1 saturated heterocycles. The molecule has 7 nitrogen and oxygen atoms in total. The molecule has 0 unspecified atom stereocenters. The van der Waals surface area contributed by atoms with Crippen molar-refractivity contribution in [2.75, 3.05) is 25.1 Å². The fourth-order valence-electron chi connectivity index (χ4n) is 3.50. The molecule has 2 aromatic rings. The van der Waals surface area contributed by atoms with Crippen LogP contribution < -0.4 is 26.6 Å². The van der Waals surface area contributed by atoms with Gasteiger partial charge in [0, 0.05) is 25.2 Å². The van der Waals surface area contributed by atoms with E-state index in [1.807, 2.05) is 4.90 Å². The van der Waals surface area contributed by atoms with Gasteiger partial charge in [0.15, 0.2) is 11.6 Å². The van der Waals surface area contributed by atoms with Crippen molar-refractivity contribution in [2.24, 2.45) is 5.73 Å². The Bertz CT molecular complexity index is 932. The minimum absolute atomic E-state index is 0.0184. The molecular formula is C16H19FN4O3. The molecule has 4 rings (SSSR count). The molecule has 8 heteroatoms. The number of benzene rings is 1. The number of anilines is 1. The van der Waals surface area contributed by atoms with Crippen molar-refractivity contribution in [3.63, 3.8) is 0 Å². The number of aromatic amines is 1. The number of methoxy groups -OCH3 is 1. The van der Waals surface area contributed by atoms with Crippen molar-refractivity contribution in [3.8, 4) is 5.75 Å². The van der Waals surface area contributed by atoms with E-state index in [2.05, 4.69) is 4.98 Å². The zero-order valence-electron chi connectivity index (χ0n) is 13.3. The number of fused-ring (bicyclic) bond motifs is 1. The first-order valence-corrected chi connectivity index (χ1v) is 8.06. The number of hydrogen-bond donors (Lipinski definition) is 2. The van der Waals surface area contributed by atoms with Gasteiger partial charge in [0.1, 0.15) is 11.2 Å². The number of H-pyrrole nitrogens is 1. The van der Waals surface area contributed by atoms with E-state index < -0.39 is 17.1 Å². The summed E-state index contributed by atoms with van der Waals surface area (Å²) in [6.07, 6.45) is 2.46. The van der Waals surface area contributed by atoms with Gasteiger partial charge in [-0.2, -0.15) is 0 Å². The Morgan fingerprint density at radius 1 is 1.33 bits per heavy atom. The minimum Gasteiger partial charge on any atom is -0.492 e. The van der Waals surface area contributed by atoms with E-state index in [9.17, 15) is 14.0 Å². The summed E-state index contributed by atoms with van der Waals surface area (Å²) < 4.78 is 21.8. The molecule has 0 radical (unpaired) electrons. The van der Waals surface area contributed by atoms with Crippen LogP contribution in [0.5, 0.6) is 5.75 Å². The van der Waals surface area contributed by atoms with Gasteiger partial charge in [0.2, 0.25) is 0 Å². The summed E-state index contributed by atoms with van der Waals surface area (Å²) in [5.41, 5.74) is 5.49. The molecule has 1 aromatic heterocycles. The lowest BCUT2D eigenvalue weighted by Gasteiger charge is -2.23. The molecule has 2 aliphatic rings. The van der Waals surface area contributed by atoms with Gasteiger partial charge in [-0.3, -0.25) is 14.3 Å². The molecule has 128 valence electrons.